The number of thiazole rings is 1. The van der Waals surface area contributed by atoms with E-state index in [2.05, 4.69) is 26.8 Å². The average Bonchev–Trinajstić information content (AvgIpc) is 2.92. The zero-order valence-electron chi connectivity index (χ0n) is 12.7. The summed E-state index contributed by atoms with van der Waals surface area (Å²) in [5.41, 5.74) is 0.986. The molecule has 0 aliphatic carbocycles. The van der Waals surface area contributed by atoms with Gasteiger partial charge in [-0.05, 0) is 30.3 Å². The summed E-state index contributed by atoms with van der Waals surface area (Å²) in [6.07, 6.45) is 5.40. The van der Waals surface area contributed by atoms with Gasteiger partial charge in [0.2, 0.25) is 0 Å². The highest BCUT2D eigenvalue weighted by atomic mass is 79.9. The summed E-state index contributed by atoms with van der Waals surface area (Å²) in [6.45, 7) is 0.160. The molecule has 3 aromatic rings. The molecule has 0 aliphatic heterocycles. The molecule has 0 saturated heterocycles. The van der Waals surface area contributed by atoms with Crippen molar-refractivity contribution in [3.8, 4) is 12.3 Å². The molecule has 0 aliphatic rings. The Kier molecular flexibility index (Phi) is 4.79. The number of halogens is 1. The van der Waals surface area contributed by atoms with E-state index in [0.29, 0.717) is 15.9 Å². The summed E-state index contributed by atoms with van der Waals surface area (Å²) >= 11 is 4.57. The third-order valence-corrected chi connectivity index (χ3v) is 5.00. The zero-order valence-corrected chi connectivity index (χ0v) is 15.1. The molecule has 0 atom stereocenters. The van der Waals surface area contributed by atoms with E-state index in [1.165, 1.54) is 23.5 Å². The summed E-state index contributed by atoms with van der Waals surface area (Å²) in [5.74, 6) is 2.09. The number of nitrogens with zero attached hydrogens (tertiary/aromatic N) is 3. The molecule has 1 heterocycles. The molecule has 0 N–H and O–H groups in total. The number of aromatic nitrogens is 1. The first-order valence-corrected chi connectivity index (χ1v) is 8.66. The van der Waals surface area contributed by atoms with Crippen LogP contribution in [0.1, 0.15) is 10.4 Å². The van der Waals surface area contributed by atoms with Crippen molar-refractivity contribution in [3.05, 3.63) is 67.4 Å². The Morgan fingerprint density at radius 3 is 2.68 bits per heavy atom. The van der Waals surface area contributed by atoms with Crippen molar-refractivity contribution in [3.63, 3.8) is 0 Å². The van der Waals surface area contributed by atoms with E-state index >= 15 is 0 Å². The Hall–Kier alpha value is -2.76. The lowest BCUT2D eigenvalue weighted by Gasteiger charge is -2.00. The smallest absolute Gasteiger partial charge is 0.279 e. The van der Waals surface area contributed by atoms with Crippen LogP contribution in [0.25, 0.3) is 10.2 Å². The van der Waals surface area contributed by atoms with E-state index < -0.39 is 10.8 Å². The van der Waals surface area contributed by atoms with Crippen LogP contribution in [0.3, 0.4) is 0 Å². The van der Waals surface area contributed by atoms with Crippen LogP contribution < -0.4 is 4.80 Å². The standard InChI is InChI=1S/C17H10BrN3O3S/c1-2-9-20-14-10-13(21(23)24)7-8-15(14)25-17(20)19-16(22)11-3-5-12(18)6-4-11/h1,3-8,10H,9H2. The van der Waals surface area contributed by atoms with Gasteiger partial charge in [0.25, 0.3) is 11.6 Å². The predicted molar refractivity (Wildman–Crippen MR) is 99.3 cm³/mol. The number of nitro benzene ring substituents is 1. The van der Waals surface area contributed by atoms with Gasteiger partial charge in [0.05, 0.1) is 21.7 Å². The van der Waals surface area contributed by atoms with Gasteiger partial charge in [-0.3, -0.25) is 14.9 Å². The molecule has 0 radical (unpaired) electrons. The lowest BCUT2D eigenvalue weighted by atomic mass is 10.2. The molecule has 3 rings (SSSR count). The number of non-ortho nitro benzene ring substituents is 1. The SMILES string of the molecule is C#CCn1c(=NC(=O)c2ccc(Br)cc2)sc2ccc([N+](=O)[O-])cc21. The fourth-order valence-electron chi connectivity index (χ4n) is 2.24. The van der Waals surface area contributed by atoms with E-state index in [0.717, 1.165) is 9.17 Å². The van der Waals surface area contributed by atoms with Crippen LogP contribution in [0.5, 0.6) is 0 Å². The minimum absolute atomic E-state index is 0.0399. The number of carbonyl (C=O) groups excluding carboxylic acids is 1. The maximum atomic E-state index is 12.4. The van der Waals surface area contributed by atoms with E-state index in [9.17, 15) is 14.9 Å². The highest BCUT2D eigenvalue weighted by Crippen LogP contribution is 2.23. The van der Waals surface area contributed by atoms with Gasteiger partial charge >= 0.3 is 0 Å². The number of hydrogen-bond donors (Lipinski definition) is 0. The van der Waals surface area contributed by atoms with Crippen LogP contribution in [-0.4, -0.2) is 15.4 Å². The van der Waals surface area contributed by atoms with Gasteiger partial charge in [0.15, 0.2) is 4.80 Å². The first-order chi connectivity index (χ1) is 12.0. The van der Waals surface area contributed by atoms with Crippen molar-refractivity contribution in [2.45, 2.75) is 6.54 Å². The van der Waals surface area contributed by atoms with Crippen molar-refractivity contribution in [2.24, 2.45) is 4.99 Å². The molecule has 8 heteroatoms. The summed E-state index contributed by atoms with van der Waals surface area (Å²) in [5, 5.41) is 11.0. The van der Waals surface area contributed by atoms with E-state index in [1.54, 1.807) is 34.9 Å². The third-order valence-electron chi connectivity index (χ3n) is 3.41. The molecule has 0 saturated carbocycles. The fraction of sp³-hybridized carbons (Fsp3) is 0.0588. The second-order valence-electron chi connectivity index (χ2n) is 5.01. The molecule has 1 aromatic heterocycles. The number of amides is 1. The van der Waals surface area contributed by atoms with Crippen LogP contribution in [0.4, 0.5) is 5.69 Å². The van der Waals surface area contributed by atoms with Crippen molar-refractivity contribution in [1.29, 1.82) is 0 Å². The average molecular weight is 416 g/mol. The topological polar surface area (TPSA) is 77.5 Å². The summed E-state index contributed by atoms with van der Waals surface area (Å²) < 4.78 is 3.26. The lowest BCUT2D eigenvalue weighted by molar-refractivity contribution is -0.384. The third kappa shape index (κ3) is 3.52. The molecular weight excluding hydrogens is 406 g/mol. The van der Waals surface area contributed by atoms with Crippen molar-refractivity contribution in [2.75, 3.05) is 0 Å². The normalized spacial score (nSPS) is 11.4. The number of benzene rings is 2. The number of rotatable bonds is 3. The summed E-state index contributed by atoms with van der Waals surface area (Å²) in [7, 11) is 0. The van der Waals surface area contributed by atoms with Gasteiger partial charge in [-0.15, -0.1) is 6.42 Å². The molecular formula is C17H10BrN3O3S. The quantitative estimate of drug-likeness (QED) is 0.371. The minimum Gasteiger partial charge on any atom is -0.304 e. The molecule has 0 spiro atoms. The van der Waals surface area contributed by atoms with Gasteiger partial charge in [-0.1, -0.05) is 33.2 Å². The molecule has 6 nitrogen and oxygen atoms in total. The van der Waals surface area contributed by atoms with Crippen LogP contribution in [0, 0.1) is 22.5 Å². The summed E-state index contributed by atoms with van der Waals surface area (Å²) in [6, 6.07) is 11.3. The molecule has 0 bridgehead atoms. The van der Waals surface area contributed by atoms with Gasteiger partial charge in [-0.2, -0.15) is 4.99 Å². The Labute approximate surface area is 154 Å². The number of fused-ring (bicyclic) bond motifs is 1. The number of hydrogen-bond acceptors (Lipinski definition) is 4. The van der Waals surface area contributed by atoms with Gasteiger partial charge in [-0.25, -0.2) is 0 Å². The maximum absolute atomic E-state index is 12.4. The predicted octanol–water partition coefficient (Wildman–Crippen LogP) is 3.75. The number of terminal acetylenes is 1. The Morgan fingerprint density at radius 1 is 1.32 bits per heavy atom. The van der Waals surface area contributed by atoms with Crippen molar-refractivity contribution < 1.29 is 9.72 Å². The monoisotopic (exact) mass is 415 g/mol. The Balaban J connectivity index is 2.16. The molecule has 0 fully saturated rings. The van der Waals surface area contributed by atoms with Gasteiger partial charge in [0.1, 0.15) is 0 Å². The zero-order chi connectivity index (χ0) is 18.0. The van der Waals surface area contributed by atoms with E-state index in [4.69, 9.17) is 6.42 Å². The van der Waals surface area contributed by atoms with E-state index in [-0.39, 0.29) is 12.2 Å². The van der Waals surface area contributed by atoms with Gasteiger partial charge in [0, 0.05) is 22.2 Å². The summed E-state index contributed by atoms with van der Waals surface area (Å²) in [4.78, 5) is 27.5. The molecule has 0 unspecified atom stereocenters. The molecule has 124 valence electrons. The van der Waals surface area contributed by atoms with Crippen LogP contribution in [0.15, 0.2) is 51.9 Å². The number of carbonyl (C=O) groups is 1. The van der Waals surface area contributed by atoms with E-state index in [1.807, 2.05) is 0 Å². The highest BCUT2D eigenvalue weighted by molar-refractivity contribution is 9.10. The van der Waals surface area contributed by atoms with Crippen LogP contribution in [0.2, 0.25) is 0 Å². The molecule has 2 aromatic carbocycles. The van der Waals surface area contributed by atoms with Crippen molar-refractivity contribution >= 4 is 49.1 Å². The second kappa shape index (κ2) is 7.01. The number of nitro groups is 1. The van der Waals surface area contributed by atoms with Gasteiger partial charge < -0.3 is 4.57 Å². The molecule has 1 amide bonds. The van der Waals surface area contributed by atoms with Crippen LogP contribution >= 0.6 is 27.3 Å². The minimum atomic E-state index is -0.471. The maximum Gasteiger partial charge on any atom is 0.279 e. The second-order valence-corrected chi connectivity index (χ2v) is 6.93. The Bertz CT molecular complexity index is 1090. The molecule has 25 heavy (non-hydrogen) atoms. The largest absolute Gasteiger partial charge is 0.304 e. The van der Waals surface area contributed by atoms with Crippen LogP contribution in [-0.2, 0) is 6.54 Å². The van der Waals surface area contributed by atoms with Crippen molar-refractivity contribution in [1.82, 2.24) is 4.57 Å². The fourth-order valence-corrected chi connectivity index (χ4v) is 3.52. The Morgan fingerprint density at radius 2 is 2.04 bits per heavy atom. The first-order valence-electron chi connectivity index (χ1n) is 7.05. The lowest BCUT2D eigenvalue weighted by Crippen LogP contribution is -2.16. The highest BCUT2D eigenvalue weighted by Gasteiger charge is 2.13. The first kappa shape index (κ1) is 17.1.